The Morgan fingerprint density at radius 3 is 1.83 bits per heavy atom. The zero-order valence-electron chi connectivity index (χ0n) is 18.5. The predicted molar refractivity (Wildman–Crippen MR) is 149 cm³/mol. The van der Waals surface area contributed by atoms with E-state index in [1.165, 1.54) is 10.9 Å². The minimum Gasteiger partial charge on any atom is -0.462 e. The van der Waals surface area contributed by atoms with E-state index in [4.69, 9.17) is 4.74 Å². The number of rotatable bonds is 6. The zero-order chi connectivity index (χ0) is 24.9. The van der Waals surface area contributed by atoms with E-state index in [9.17, 15) is 14.4 Å². The summed E-state index contributed by atoms with van der Waals surface area (Å²) in [6.07, 6.45) is 1.32. The van der Waals surface area contributed by atoms with Gasteiger partial charge in [0.05, 0.1) is 29.6 Å². The van der Waals surface area contributed by atoms with E-state index < -0.39 is 17.8 Å². The topological polar surface area (TPSA) is 81.5 Å². The van der Waals surface area contributed by atoms with Gasteiger partial charge in [0.1, 0.15) is 5.56 Å². The lowest BCUT2D eigenvalue weighted by molar-refractivity contribution is 0.0527. The zero-order valence-corrected chi connectivity index (χ0v) is 22.8. The second kappa shape index (κ2) is 11.1. The Hall–Kier alpha value is -3.06. The molecule has 0 radical (unpaired) electrons. The van der Waals surface area contributed by atoms with Crippen LogP contribution in [0, 0.1) is 7.14 Å². The standard InChI is InChI=1S/C26H19I2N3O4/c1-2-35-26(34)20-16-29-31(17-10-4-3-5-11-17)23(20)30(24(32)18-12-6-8-14-21(18)27)25(33)19-13-7-9-15-22(19)28/h3-16H,2H2,1H3. The van der Waals surface area contributed by atoms with Crippen molar-refractivity contribution in [3.05, 3.63) is 109 Å². The van der Waals surface area contributed by atoms with Crippen LogP contribution in [-0.4, -0.2) is 34.2 Å². The summed E-state index contributed by atoms with van der Waals surface area (Å²) in [6.45, 7) is 1.82. The summed E-state index contributed by atoms with van der Waals surface area (Å²) < 4.78 is 7.98. The third kappa shape index (κ3) is 5.15. The van der Waals surface area contributed by atoms with Gasteiger partial charge in [-0.1, -0.05) is 42.5 Å². The van der Waals surface area contributed by atoms with Crippen molar-refractivity contribution in [1.82, 2.24) is 9.78 Å². The minimum absolute atomic E-state index is 0.00859. The number of carbonyl (C=O) groups excluding carboxylic acids is 3. The average Bonchev–Trinajstić information content (AvgIpc) is 3.30. The van der Waals surface area contributed by atoms with E-state index in [1.54, 1.807) is 67.6 Å². The maximum Gasteiger partial charge on any atom is 0.343 e. The first kappa shape index (κ1) is 25.0. The summed E-state index contributed by atoms with van der Waals surface area (Å²) in [5, 5.41) is 4.37. The summed E-state index contributed by atoms with van der Waals surface area (Å²) in [6, 6.07) is 22.9. The number of amides is 2. The number of carbonyl (C=O) groups is 3. The molecule has 0 fully saturated rings. The summed E-state index contributed by atoms with van der Waals surface area (Å²) in [5.41, 5.74) is 1.23. The Balaban J connectivity index is 2.00. The maximum absolute atomic E-state index is 14.0. The Morgan fingerprint density at radius 2 is 1.31 bits per heavy atom. The van der Waals surface area contributed by atoms with Crippen LogP contribution in [0.4, 0.5) is 5.82 Å². The number of hydrogen-bond donors (Lipinski definition) is 0. The van der Waals surface area contributed by atoms with Crippen molar-refractivity contribution in [2.45, 2.75) is 6.92 Å². The van der Waals surface area contributed by atoms with Crippen molar-refractivity contribution >= 4 is 68.8 Å². The lowest BCUT2D eigenvalue weighted by Gasteiger charge is -2.24. The molecular formula is C26H19I2N3O4. The number of benzene rings is 3. The molecule has 4 aromatic rings. The fourth-order valence-electron chi connectivity index (χ4n) is 3.46. The highest BCUT2D eigenvalue weighted by Crippen LogP contribution is 2.30. The van der Waals surface area contributed by atoms with Gasteiger partial charge in [0.15, 0.2) is 5.82 Å². The first-order chi connectivity index (χ1) is 16.9. The number of anilines is 1. The molecule has 3 aromatic carbocycles. The number of esters is 1. The Bertz CT molecular complexity index is 1350. The number of para-hydroxylation sites is 1. The fourth-order valence-corrected chi connectivity index (χ4v) is 4.70. The monoisotopic (exact) mass is 691 g/mol. The summed E-state index contributed by atoms with van der Waals surface area (Å²) >= 11 is 4.11. The van der Waals surface area contributed by atoms with Gasteiger partial charge in [-0.3, -0.25) is 9.59 Å². The molecule has 0 aliphatic carbocycles. The third-order valence-electron chi connectivity index (χ3n) is 5.07. The molecular weight excluding hydrogens is 672 g/mol. The van der Waals surface area contributed by atoms with Crippen LogP contribution in [-0.2, 0) is 4.74 Å². The molecule has 1 heterocycles. The summed E-state index contributed by atoms with van der Waals surface area (Å²) in [4.78, 5) is 42.0. The molecule has 4 rings (SSSR count). The van der Waals surface area contributed by atoms with Crippen LogP contribution in [0.3, 0.4) is 0 Å². The van der Waals surface area contributed by atoms with Gasteiger partial charge in [-0.05, 0) is 88.5 Å². The van der Waals surface area contributed by atoms with Crippen LogP contribution in [0.15, 0.2) is 85.1 Å². The molecule has 9 heteroatoms. The molecule has 0 unspecified atom stereocenters. The molecule has 0 aliphatic heterocycles. The van der Waals surface area contributed by atoms with Crippen LogP contribution < -0.4 is 4.90 Å². The Kier molecular flexibility index (Phi) is 7.96. The molecule has 7 nitrogen and oxygen atoms in total. The molecule has 2 amide bonds. The molecule has 0 saturated carbocycles. The molecule has 0 atom stereocenters. The van der Waals surface area contributed by atoms with Crippen LogP contribution in [0.25, 0.3) is 5.69 Å². The Labute approximate surface area is 229 Å². The van der Waals surface area contributed by atoms with Crippen molar-refractivity contribution in [3.8, 4) is 5.69 Å². The Morgan fingerprint density at radius 1 is 0.800 bits per heavy atom. The second-order valence-electron chi connectivity index (χ2n) is 7.26. The highest BCUT2D eigenvalue weighted by Gasteiger charge is 2.35. The first-order valence-corrected chi connectivity index (χ1v) is 12.8. The van der Waals surface area contributed by atoms with Gasteiger partial charge in [-0.15, -0.1) is 0 Å². The van der Waals surface area contributed by atoms with E-state index in [2.05, 4.69) is 50.3 Å². The highest BCUT2D eigenvalue weighted by molar-refractivity contribution is 14.1. The van der Waals surface area contributed by atoms with E-state index in [0.29, 0.717) is 24.0 Å². The van der Waals surface area contributed by atoms with Gasteiger partial charge in [0, 0.05) is 7.14 Å². The van der Waals surface area contributed by atoms with Crippen LogP contribution in [0.2, 0.25) is 0 Å². The maximum atomic E-state index is 14.0. The first-order valence-electron chi connectivity index (χ1n) is 10.6. The molecule has 0 saturated heterocycles. The molecule has 0 spiro atoms. The van der Waals surface area contributed by atoms with Crippen molar-refractivity contribution in [1.29, 1.82) is 0 Å². The largest absolute Gasteiger partial charge is 0.462 e. The van der Waals surface area contributed by atoms with Crippen LogP contribution in [0.5, 0.6) is 0 Å². The van der Waals surface area contributed by atoms with Gasteiger partial charge in [0.2, 0.25) is 0 Å². The SMILES string of the molecule is CCOC(=O)c1cnn(-c2ccccc2)c1N(C(=O)c1ccccc1I)C(=O)c1ccccc1I. The predicted octanol–water partition coefficient (Wildman–Crippen LogP) is 5.75. The van der Waals surface area contributed by atoms with Crippen LogP contribution in [0.1, 0.15) is 38.0 Å². The summed E-state index contributed by atoms with van der Waals surface area (Å²) in [5.74, 6) is -1.82. The molecule has 0 bridgehead atoms. The number of aromatic nitrogens is 2. The normalized spacial score (nSPS) is 10.6. The molecule has 0 aliphatic rings. The van der Waals surface area contributed by atoms with E-state index in [-0.39, 0.29) is 18.0 Å². The van der Waals surface area contributed by atoms with Crippen molar-refractivity contribution in [2.75, 3.05) is 11.5 Å². The number of halogens is 2. The van der Waals surface area contributed by atoms with Crippen LogP contribution >= 0.6 is 45.2 Å². The van der Waals surface area contributed by atoms with E-state index in [0.717, 1.165) is 4.90 Å². The lowest BCUT2D eigenvalue weighted by atomic mass is 10.1. The van der Waals surface area contributed by atoms with Gasteiger partial charge < -0.3 is 4.74 Å². The highest BCUT2D eigenvalue weighted by atomic mass is 127. The number of imide groups is 1. The van der Waals surface area contributed by atoms with Gasteiger partial charge in [0.25, 0.3) is 11.8 Å². The molecule has 35 heavy (non-hydrogen) atoms. The van der Waals surface area contributed by atoms with Gasteiger partial charge >= 0.3 is 5.97 Å². The average molecular weight is 691 g/mol. The van der Waals surface area contributed by atoms with Crippen molar-refractivity contribution < 1.29 is 19.1 Å². The molecule has 0 N–H and O–H groups in total. The summed E-state index contributed by atoms with van der Waals surface area (Å²) in [7, 11) is 0. The smallest absolute Gasteiger partial charge is 0.343 e. The second-order valence-corrected chi connectivity index (χ2v) is 9.58. The van der Waals surface area contributed by atoms with Gasteiger partial charge in [-0.25, -0.2) is 14.4 Å². The van der Waals surface area contributed by atoms with Gasteiger partial charge in [-0.2, -0.15) is 5.10 Å². The van der Waals surface area contributed by atoms with Crippen molar-refractivity contribution in [3.63, 3.8) is 0 Å². The molecule has 1 aromatic heterocycles. The minimum atomic E-state index is -0.680. The number of ether oxygens (including phenoxy) is 1. The lowest BCUT2D eigenvalue weighted by Crippen LogP contribution is -2.40. The van der Waals surface area contributed by atoms with Crippen molar-refractivity contribution in [2.24, 2.45) is 0 Å². The molecule has 176 valence electrons. The fraction of sp³-hybridized carbons (Fsp3) is 0.0769. The quantitative estimate of drug-likeness (QED) is 0.146. The third-order valence-corrected chi connectivity index (χ3v) is 6.95. The van der Waals surface area contributed by atoms with E-state index in [1.807, 2.05) is 18.2 Å². The number of nitrogens with zero attached hydrogens (tertiary/aromatic N) is 3. The number of hydrogen-bond acceptors (Lipinski definition) is 5. The van der Waals surface area contributed by atoms with E-state index >= 15 is 0 Å².